The van der Waals surface area contributed by atoms with E-state index >= 15 is 0 Å². The van der Waals surface area contributed by atoms with Crippen LogP contribution in [0.3, 0.4) is 0 Å². The summed E-state index contributed by atoms with van der Waals surface area (Å²) in [5.41, 5.74) is 4.73. The van der Waals surface area contributed by atoms with Crippen LogP contribution in [0.2, 0.25) is 0 Å². The number of hydrogen-bond donors (Lipinski definition) is 5. The zero-order valence-corrected chi connectivity index (χ0v) is 52.1. The first-order valence-electron chi connectivity index (χ1n) is 29.9. The van der Waals surface area contributed by atoms with Crippen LogP contribution in [-0.4, -0.2) is 72.8 Å². The topological polar surface area (TPSA) is 205 Å². The van der Waals surface area contributed by atoms with Gasteiger partial charge in [0.15, 0.2) is 11.4 Å². The van der Waals surface area contributed by atoms with E-state index in [9.17, 15) is 45.5 Å². The van der Waals surface area contributed by atoms with Crippen molar-refractivity contribution >= 4 is 48.6 Å². The van der Waals surface area contributed by atoms with Crippen molar-refractivity contribution in [2.24, 2.45) is 35.4 Å². The summed E-state index contributed by atoms with van der Waals surface area (Å²) >= 11 is 0. The Bertz CT molecular complexity index is 2360. The Balaban J connectivity index is 0.000000545. The quantitative estimate of drug-likeness (QED) is 0.0311. The van der Waals surface area contributed by atoms with Crippen LogP contribution < -0.4 is 22.1 Å². The van der Waals surface area contributed by atoms with Crippen molar-refractivity contribution in [2.45, 2.75) is 230 Å². The van der Waals surface area contributed by atoms with Gasteiger partial charge in [-0.05, 0) is 148 Å². The normalized spacial score (nSPS) is 24.0. The van der Waals surface area contributed by atoms with E-state index in [0.29, 0.717) is 55.4 Å². The van der Waals surface area contributed by atoms with Gasteiger partial charge >= 0.3 is 30.4 Å². The van der Waals surface area contributed by atoms with Gasteiger partial charge in [0.1, 0.15) is 22.5 Å². The molecule has 0 spiro atoms. The smallest absolute Gasteiger partial charge is 0.433 e. The summed E-state index contributed by atoms with van der Waals surface area (Å²) in [6.07, 6.45) is 26.1. The van der Waals surface area contributed by atoms with Crippen LogP contribution in [0.15, 0.2) is 75.7 Å². The third-order valence-electron chi connectivity index (χ3n) is 16.0. The van der Waals surface area contributed by atoms with E-state index in [1.807, 2.05) is 39.0 Å². The van der Waals surface area contributed by atoms with Crippen LogP contribution in [-0.2, 0) is 26.6 Å². The van der Waals surface area contributed by atoms with Gasteiger partial charge < -0.3 is 14.6 Å². The molecule has 9 atom stereocenters. The largest absolute Gasteiger partial charge is 0.478 e. The number of nitrogens with zero attached hydrogens (tertiary/aromatic N) is 4. The number of allylic oxidation sites excluding steroid dienone is 5. The van der Waals surface area contributed by atoms with E-state index in [2.05, 4.69) is 59.4 Å². The number of esters is 1. The zero-order valence-electron chi connectivity index (χ0n) is 50.5. The second-order valence-electron chi connectivity index (χ2n) is 23.2. The lowest BCUT2D eigenvalue weighted by Crippen LogP contribution is -2.50. The van der Waals surface area contributed by atoms with Crippen molar-refractivity contribution in [3.8, 4) is 0 Å². The first-order valence-corrected chi connectivity index (χ1v) is 29.9. The number of carbonyl (C=O) groups excluding carboxylic acids is 3. The lowest BCUT2D eigenvalue weighted by atomic mass is 9.82. The van der Waals surface area contributed by atoms with Crippen molar-refractivity contribution < 1.29 is 60.1 Å². The van der Waals surface area contributed by atoms with Crippen LogP contribution in [0.5, 0.6) is 0 Å². The van der Waals surface area contributed by atoms with Crippen LogP contribution in [0, 0.1) is 29.6 Å². The summed E-state index contributed by atoms with van der Waals surface area (Å²) in [5, 5.41) is 16.6. The van der Waals surface area contributed by atoms with E-state index in [1.54, 1.807) is 19.1 Å². The van der Waals surface area contributed by atoms with Gasteiger partial charge in [-0.15, -0.1) is 57.7 Å². The first kappa shape index (κ1) is 78.1. The zero-order chi connectivity index (χ0) is 61.8. The molecule has 0 aromatic carbocycles. The summed E-state index contributed by atoms with van der Waals surface area (Å²) in [4.78, 5) is 45.5. The Hall–Kier alpha value is -4.96. The maximum Gasteiger partial charge on any atom is 0.433 e. The molecule has 0 saturated heterocycles. The second-order valence-corrected chi connectivity index (χ2v) is 23.2. The van der Waals surface area contributed by atoms with E-state index < -0.39 is 64.5 Å². The minimum Gasteiger partial charge on any atom is -0.478 e. The maximum absolute atomic E-state index is 13.5. The molecule has 0 aliphatic heterocycles. The highest BCUT2D eigenvalue weighted by atomic mass is 35.5. The highest BCUT2D eigenvalue weighted by molar-refractivity contribution is 5.90. The molecular formula is C62H98Cl2F6N8O7. The molecule has 1 unspecified atom stereocenters. The summed E-state index contributed by atoms with van der Waals surface area (Å²) in [6.45, 7) is 25.6. The number of ketones is 1. The highest BCUT2D eigenvalue weighted by Gasteiger charge is 2.45. The van der Waals surface area contributed by atoms with Crippen molar-refractivity contribution in [2.75, 3.05) is 6.61 Å². The number of carboxylic acid groups (broad SMARTS) is 1. The third kappa shape index (κ3) is 26.1. The Labute approximate surface area is 513 Å². The lowest BCUT2D eigenvalue weighted by Gasteiger charge is -2.32. The molecule has 1 amide bonds. The van der Waals surface area contributed by atoms with E-state index in [1.165, 1.54) is 51.4 Å². The number of halogens is 8. The minimum atomic E-state index is -4.74. The number of nitrogens with one attached hydrogen (secondary N) is 3. The fourth-order valence-electron chi connectivity index (χ4n) is 12.1. The molecule has 6 N–H and O–H groups in total. The number of alkyl halides is 6. The van der Waals surface area contributed by atoms with Gasteiger partial charge in [-0.25, -0.2) is 19.8 Å². The molecule has 2 aromatic rings. The molecule has 0 bridgehead atoms. The van der Waals surface area contributed by atoms with Crippen LogP contribution in [0.25, 0.3) is 0 Å². The highest BCUT2D eigenvalue weighted by Crippen LogP contribution is 2.43. The molecule has 5 aliphatic rings. The number of hydrogen-bond acceptors (Lipinski definition) is 11. The second kappa shape index (κ2) is 39.8. The van der Waals surface area contributed by atoms with Crippen molar-refractivity contribution in [3.63, 3.8) is 0 Å². The molecule has 85 heavy (non-hydrogen) atoms. The van der Waals surface area contributed by atoms with Gasteiger partial charge in [-0.3, -0.25) is 30.9 Å². The standard InChI is InChI=1S/C16H21F3N2O2.C14H17F3N2O2.C14H26N2O2.C9H18N2.C9H14O.2ClH/c1-3-7-11-8-5-6-9-13(11)21-14(16(17,18)19)12(10-20-21)15(22)23-4-2;1-2-5-9-6-3-4-7-11(9)19-12(14(15,16)17)10(8-18-19)13(20)21;1-5-8-11-9-6-7-10-12(11)15-16-13(17)18-14(2,3)4;1-2-5-8-6-3-4-7-9(8)11-10;1-2-5-8-6-3-4-7-9(8)10;;/h3,10-11,13H,1,4-9H2,2H3;2,8-9,11H,1,3-7H2,(H,20,21);5,11-12,15H,1,6-10H2,2-4H3,(H,16,17);2,8-9,11H,1,3-7,10H2;2,8H,1,3-7H2;2*1H/t11-,13+;9-,11+;11-,12+;8-,9+;;;/m1111.../s1. The minimum absolute atomic E-state index is 0. The molecule has 23 heteroatoms. The van der Waals surface area contributed by atoms with Crippen molar-refractivity contribution in [1.29, 1.82) is 0 Å². The number of ether oxygens (including phenoxy) is 2. The van der Waals surface area contributed by atoms with E-state index in [4.69, 9.17) is 20.4 Å². The van der Waals surface area contributed by atoms with Gasteiger partial charge in [-0.1, -0.05) is 88.2 Å². The molecule has 2 aromatic heterocycles. The number of hydrazine groups is 2. The molecule has 15 nitrogen and oxygen atoms in total. The van der Waals surface area contributed by atoms with E-state index in [-0.39, 0.29) is 49.3 Å². The van der Waals surface area contributed by atoms with Gasteiger partial charge in [0.05, 0.1) is 31.1 Å². The number of nitrogens with two attached hydrogens (primary N) is 1. The Morgan fingerprint density at radius 1 is 0.624 bits per heavy atom. The third-order valence-corrected chi connectivity index (χ3v) is 16.0. The number of aromatic carboxylic acids is 1. The molecule has 7 rings (SSSR count). The van der Waals surface area contributed by atoms with Crippen LogP contribution in [0.4, 0.5) is 31.1 Å². The molecule has 0 radical (unpaired) electrons. The Morgan fingerprint density at radius 3 is 1.45 bits per heavy atom. The predicted octanol–water partition coefficient (Wildman–Crippen LogP) is 16.2. The summed E-state index contributed by atoms with van der Waals surface area (Å²) < 4.78 is 92.0. The Kier molecular flexibility index (Phi) is 36.5. The Morgan fingerprint density at radius 2 is 1.02 bits per heavy atom. The van der Waals surface area contributed by atoms with Crippen molar-refractivity contribution in [3.05, 3.63) is 98.2 Å². The van der Waals surface area contributed by atoms with Gasteiger partial charge in [0.25, 0.3) is 0 Å². The molecule has 5 saturated carbocycles. The molecule has 2 heterocycles. The fraction of sp³-hybridized carbons (Fsp3) is 0.677. The number of amides is 1. The summed E-state index contributed by atoms with van der Waals surface area (Å²) in [6, 6.07) is 0.0500. The molecule has 5 fully saturated rings. The number of carbonyl (C=O) groups is 4. The summed E-state index contributed by atoms with van der Waals surface area (Å²) in [5.74, 6) is 4.97. The monoisotopic (exact) mass is 1250 g/mol. The van der Waals surface area contributed by atoms with Crippen molar-refractivity contribution in [1.82, 2.24) is 35.8 Å². The number of carboxylic acids is 1. The van der Waals surface area contributed by atoms with Gasteiger partial charge in [0.2, 0.25) is 0 Å². The van der Waals surface area contributed by atoms with E-state index in [0.717, 1.165) is 111 Å². The molecule has 484 valence electrons. The number of aromatic nitrogens is 4. The van der Waals surface area contributed by atoms with Crippen LogP contribution in [0.1, 0.15) is 232 Å². The lowest BCUT2D eigenvalue weighted by molar-refractivity contribution is -0.147. The summed E-state index contributed by atoms with van der Waals surface area (Å²) in [7, 11) is 0. The van der Waals surface area contributed by atoms with Gasteiger partial charge in [0, 0.05) is 24.4 Å². The number of rotatable bonds is 18. The SMILES string of the molecule is C=CCC1CCCCC1=O.C=CC[C@@H]1CCCC[C@@H]1NN.C=CC[C@@H]1CCCC[C@@H]1NNC(=O)OC(C)(C)C.C=CC[C@@H]1CCCC[C@@H]1n1ncc(C(=O)O)c1C(F)(F)F.C=CC[C@@H]1CCCC[C@@H]1n1ncc(C(=O)OCC)c1C(F)(F)F.Cl.Cl. The molecule has 5 aliphatic carbocycles. The number of Topliss-reactive ketones (excluding diaryl/α,β-unsaturated/α-hetero) is 1. The first-order chi connectivity index (χ1) is 39.4. The van der Waals surface area contributed by atoms with Crippen LogP contribution >= 0.6 is 24.8 Å². The predicted molar refractivity (Wildman–Crippen MR) is 326 cm³/mol. The average molecular weight is 1250 g/mol. The fourth-order valence-corrected chi connectivity index (χ4v) is 12.1. The molecular weight excluding hydrogens is 1150 g/mol. The maximum atomic E-state index is 13.5. The average Bonchev–Trinajstić information content (AvgIpc) is 1.86. The van der Waals surface area contributed by atoms with Gasteiger partial charge in [-0.2, -0.15) is 36.5 Å².